The zero-order valence-corrected chi connectivity index (χ0v) is 18.6. The van der Waals surface area contributed by atoms with Crippen molar-refractivity contribution in [3.8, 4) is 5.75 Å². The number of nitrogens with zero attached hydrogens (tertiary/aromatic N) is 1. The van der Waals surface area contributed by atoms with E-state index in [4.69, 9.17) is 4.74 Å². The molecule has 2 aromatic rings. The Labute approximate surface area is 187 Å². The van der Waals surface area contributed by atoms with Gasteiger partial charge in [0.05, 0.1) is 6.61 Å². The van der Waals surface area contributed by atoms with Gasteiger partial charge in [-0.15, -0.1) is 0 Å². The molecule has 0 aromatic heterocycles. The minimum Gasteiger partial charge on any atom is -0.494 e. The van der Waals surface area contributed by atoms with Crippen molar-refractivity contribution in [3.05, 3.63) is 66.2 Å². The van der Waals surface area contributed by atoms with Crippen LogP contribution in [0.2, 0.25) is 0 Å². The zero-order chi connectivity index (χ0) is 21.4. The number of piperidine rings is 1. The van der Waals surface area contributed by atoms with Crippen molar-refractivity contribution in [2.45, 2.75) is 69.4 Å². The first-order valence-electron chi connectivity index (χ1n) is 12.0. The van der Waals surface area contributed by atoms with Gasteiger partial charge in [0.1, 0.15) is 5.75 Å². The number of ether oxygens (including phenoxy) is 1. The van der Waals surface area contributed by atoms with Gasteiger partial charge in [-0.3, -0.25) is 9.69 Å². The van der Waals surface area contributed by atoms with Gasteiger partial charge in [0.15, 0.2) is 0 Å². The third-order valence-electron chi connectivity index (χ3n) is 7.01. The first-order chi connectivity index (χ1) is 15.3. The molecule has 0 radical (unpaired) electrons. The molecule has 4 rings (SSSR count). The van der Waals surface area contributed by atoms with Gasteiger partial charge in [0, 0.05) is 18.0 Å². The van der Waals surface area contributed by atoms with Crippen LogP contribution in [0.1, 0.15) is 63.4 Å². The summed E-state index contributed by atoms with van der Waals surface area (Å²) in [6, 6.07) is 21.2. The standard InChI is InChI=1S/C27H36N2O2/c30-26(15-10-22-31-25-13-6-2-7-14-25)28-24-16-18-27(19-17-24,23-11-4-1-5-12-23)29-20-8-3-9-21-29/h1-2,4-7,11-14,24H,3,8-10,15-22H2,(H,28,30). The highest BCUT2D eigenvalue weighted by Crippen LogP contribution is 2.43. The monoisotopic (exact) mass is 420 g/mol. The molecule has 1 N–H and O–H groups in total. The lowest BCUT2D eigenvalue weighted by Gasteiger charge is -2.50. The van der Waals surface area contributed by atoms with E-state index in [-0.39, 0.29) is 11.4 Å². The maximum Gasteiger partial charge on any atom is 0.220 e. The molecule has 2 aromatic carbocycles. The predicted molar refractivity (Wildman–Crippen MR) is 125 cm³/mol. The Hall–Kier alpha value is -2.33. The van der Waals surface area contributed by atoms with Gasteiger partial charge < -0.3 is 10.1 Å². The largest absolute Gasteiger partial charge is 0.494 e. The molecule has 0 unspecified atom stereocenters. The van der Waals surface area contributed by atoms with E-state index in [1.54, 1.807) is 0 Å². The third kappa shape index (κ3) is 5.68. The second-order valence-corrected chi connectivity index (χ2v) is 9.05. The number of para-hydroxylation sites is 1. The normalized spacial score (nSPS) is 24.5. The van der Waals surface area contributed by atoms with Gasteiger partial charge in [-0.1, -0.05) is 55.0 Å². The summed E-state index contributed by atoms with van der Waals surface area (Å²) in [4.78, 5) is 15.2. The topological polar surface area (TPSA) is 41.6 Å². The van der Waals surface area contributed by atoms with E-state index in [9.17, 15) is 4.79 Å². The molecule has 1 heterocycles. The van der Waals surface area contributed by atoms with Crippen molar-refractivity contribution in [2.24, 2.45) is 0 Å². The van der Waals surface area contributed by atoms with E-state index in [0.717, 1.165) is 37.9 Å². The molecular formula is C27H36N2O2. The SMILES string of the molecule is O=C(CCCOc1ccccc1)NC1CCC(c2ccccc2)(N2CCCCC2)CC1. The number of rotatable bonds is 8. The van der Waals surface area contributed by atoms with Gasteiger partial charge >= 0.3 is 0 Å². The van der Waals surface area contributed by atoms with Crippen molar-refractivity contribution in [1.82, 2.24) is 10.2 Å². The number of carbonyl (C=O) groups excluding carboxylic acids is 1. The first-order valence-corrected chi connectivity index (χ1v) is 12.0. The Morgan fingerprint density at radius 3 is 2.26 bits per heavy atom. The molecule has 1 aliphatic heterocycles. The smallest absolute Gasteiger partial charge is 0.220 e. The molecule has 2 fully saturated rings. The minimum absolute atomic E-state index is 0.145. The van der Waals surface area contributed by atoms with E-state index in [1.807, 2.05) is 30.3 Å². The van der Waals surface area contributed by atoms with Gasteiger partial charge in [0.2, 0.25) is 5.91 Å². The fourth-order valence-electron chi connectivity index (χ4n) is 5.34. The third-order valence-corrected chi connectivity index (χ3v) is 7.01. The van der Waals surface area contributed by atoms with Crippen LogP contribution in [0.3, 0.4) is 0 Å². The lowest BCUT2D eigenvalue weighted by molar-refractivity contribution is -0.122. The van der Waals surface area contributed by atoms with Crippen LogP contribution in [0.5, 0.6) is 5.75 Å². The summed E-state index contributed by atoms with van der Waals surface area (Å²) in [6.07, 6.45) is 9.59. The quantitative estimate of drug-likeness (QED) is 0.590. The number of nitrogens with one attached hydrogen (secondary N) is 1. The Kier molecular flexibility index (Phi) is 7.63. The summed E-state index contributed by atoms with van der Waals surface area (Å²) < 4.78 is 5.70. The molecule has 31 heavy (non-hydrogen) atoms. The van der Waals surface area contributed by atoms with Crippen molar-refractivity contribution < 1.29 is 9.53 Å². The van der Waals surface area contributed by atoms with Crippen LogP contribution in [0.4, 0.5) is 0 Å². The number of carbonyl (C=O) groups is 1. The van der Waals surface area contributed by atoms with E-state index in [0.29, 0.717) is 19.1 Å². The van der Waals surface area contributed by atoms with E-state index < -0.39 is 0 Å². The Morgan fingerprint density at radius 2 is 1.58 bits per heavy atom. The minimum atomic E-state index is 0.145. The summed E-state index contributed by atoms with van der Waals surface area (Å²) in [5.74, 6) is 1.02. The lowest BCUT2D eigenvalue weighted by Crippen LogP contribution is -2.53. The fraction of sp³-hybridized carbons (Fsp3) is 0.519. The Morgan fingerprint density at radius 1 is 0.935 bits per heavy atom. The number of benzene rings is 2. The van der Waals surface area contributed by atoms with Gasteiger partial charge in [-0.05, 0) is 75.7 Å². The summed E-state index contributed by atoms with van der Waals surface area (Å²) in [5, 5.41) is 3.30. The van der Waals surface area contributed by atoms with Crippen molar-refractivity contribution >= 4 is 5.91 Å². The van der Waals surface area contributed by atoms with Crippen LogP contribution in [-0.2, 0) is 10.3 Å². The zero-order valence-electron chi connectivity index (χ0n) is 18.6. The second kappa shape index (κ2) is 10.8. The summed E-state index contributed by atoms with van der Waals surface area (Å²) >= 11 is 0. The van der Waals surface area contributed by atoms with Crippen LogP contribution in [0.15, 0.2) is 60.7 Å². The van der Waals surface area contributed by atoms with Crippen LogP contribution < -0.4 is 10.1 Å². The molecule has 2 aliphatic rings. The summed E-state index contributed by atoms with van der Waals surface area (Å²) in [6.45, 7) is 2.98. The molecule has 4 heteroatoms. The van der Waals surface area contributed by atoms with Crippen LogP contribution in [0, 0.1) is 0 Å². The van der Waals surface area contributed by atoms with Gasteiger partial charge in [0.25, 0.3) is 0 Å². The molecule has 0 spiro atoms. The van der Waals surface area contributed by atoms with E-state index in [1.165, 1.54) is 37.9 Å². The Bertz CT molecular complexity index is 795. The highest BCUT2D eigenvalue weighted by atomic mass is 16.5. The van der Waals surface area contributed by atoms with Crippen molar-refractivity contribution in [2.75, 3.05) is 19.7 Å². The maximum atomic E-state index is 12.5. The average molecular weight is 421 g/mol. The molecule has 4 nitrogen and oxygen atoms in total. The predicted octanol–water partition coefficient (Wildman–Crippen LogP) is 5.29. The molecule has 166 valence electrons. The van der Waals surface area contributed by atoms with Crippen molar-refractivity contribution in [3.63, 3.8) is 0 Å². The van der Waals surface area contributed by atoms with Gasteiger partial charge in [-0.25, -0.2) is 0 Å². The highest BCUT2D eigenvalue weighted by Gasteiger charge is 2.42. The van der Waals surface area contributed by atoms with Gasteiger partial charge in [-0.2, -0.15) is 0 Å². The highest BCUT2D eigenvalue weighted by molar-refractivity contribution is 5.76. The number of hydrogen-bond donors (Lipinski definition) is 1. The van der Waals surface area contributed by atoms with Crippen LogP contribution in [-0.4, -0.2) is 36.5 Å². The molecule has 0 atom stereocenters. The molecule has 1 saturated heterocycles. The second-order valence-electron chi connectivity index (χ2n) is 9.05. The number of likely N-dealkylation sites (tertiary alicyclic amines) is 1. The Balaban J connectivity index is 1.26. The summed E-state index contributed by atoms with van der Waals surface area (Å²) in [7, 11) is 0. The molecular weight excluding hydrogens is 384 g/mol. The first kappa shape index (κ1) is 21.9. The van der Waals surface area contributed by atoms with E-state index in [2.05, 4.69) is 40.5 Å². The van der Waals surface area contributed by atoms with E-state index >= 15 is 0 Å². The average Bonchev–Trinajstić information content (AvgIpc) is 2.84. The molecule has 1 aliphatic carbocycles. The molecule has 0 bridgehead atoms. The van der Waals surface area contributed by atoms with Crippen LogP contribution >= 0.6 is 0 Å². The van der Waals surface area contributed by atoms with Crippen molar-refractivity contribution in [1.29, 1.82) is 0 Å². The van der Waals surface area contributed by atoms with Crippen LogP contribution in [0.25, 0.3) is 0 Å². The maximum absolute atomic E-state index is 12.5. The fourth-order valence-corrected chi connectivity index (χ4v) is 5.34. The number of amides is 1. The number of hydrogen-bond acceptors (Lipinski definition) is 3. The summed E-state index contributed by atoms with van der Waals surface area (Å²) in [5.41, 5.74) is 1.60. The molecule has 1 saturated carbocycles. The lowest BCUT2D eigenvalue weighted by atomic mass is 9.73. The molecule has 1 amide bonds.